The van der Waals surface area contributed by atoms with Gasteiger partial charge in [0.25, 0.3) is 5.91 Å². The van der Waals surface area contributed by atoms with Gasteiger partial charge in [0, 0.05) is 31.2 Å². The van der Waals surface area contributed by atoms with Gasteiger partial charge in [0.1, 0.15) is 5.52 Å². The number of urea groups is 1. The van der Waals surface area contributed by atoms with Crippen LogP contribution in [0.5, 0.6) is 0 Å². The summed E-state index contributed by atoms with van der Waals surface area (Å²) >= 11 is 0. The maximum Gasteiger partial charge on any atom is 0.315 e. The van der Waals surface area contributed by atoms with Crippen LogP contribution in [0.4, 0.5) is 4.79 Å². The van der Waals surface area contributed by atoms with E-state index in [9.17, 15) is 9.59 Å². The molecule has 1 saturated heterocycles. The number of rotatable bonds is 5. The van der Waals surface area contributed by atoms with Gasteiger partial charge in [0.15, 0.2) is 0 Å². The Bertz CT molecular complexity index is 836. The summed E-state index contributed by atoms with van der Waals surface area (Å²) in [4.78, 5) is 26.5. The van der Waals surface area contributed by atoms with Crippen molar-refractivity contribution in [2.24, 2.45) is 0 Å². The number of fused-ring (bicyclic) bond motifs is 1. The van der Waals surface area contributed by atoms with E-state index in [1.54, 1.807) is 4.68 Å². The zero-order chi connectivity index (χ0) is 19.3. The van der Waals surface area contributed by atoms with E-state index < -0.39 is 0 Å². The van der Waals surface area contributed by atoms with Gasteiger partial charge < -0.3 is 15.5 Å². The molecule has 2 fully saturated rings. The number of hydrogen-bond donors (Lipinski definition) is 2. The summed E-state index contributed by atoms with van der Waals surface area (Å²) in [7, 11) is 0. The molecule has 2 aromatic rings. The first-order chi connectivity index (χ1) is 13.7. The minimum Gasteiger partial charge on any atom is -0.339 e. The lowest BCUT2D eigenvalue weighted by molar-refractivity contribution is 0.0724. The van der Waals surface area contributed by atoms with Crippen LogP contribution in [0.15, 0.2) is 18.2 Å². The number of piperidine rings is 1. The highest BCUT2D eigenvalue weighted by Crippen LogP contribution is 2.18. The molecule has 0 atom stereocenters. The van der Waals surface area contributed by atoms with E-state index >= 15 is 0 Å². The molecule has 0 bridgehead atoms. The van der Waals surface area contributed by atoms with Crippen molar-refractivity contribution in [3.05, 3.63) is 23.8 Å². The quantitative estimate of drug-likeness (QED) is 0.827. The van der Waals surface area contributed by atoms with Gasteiger partial charge in [-0.2, -0.15) is 0 Å². The fourth-order valence-electron chi connectivity index (χ4n) is 4.13. The minimum absolute atomic E-state index is 0.0707. The van der Waals surface area contributed by atoms with E-state index in [0.717, 1.165) is 44.3 Å². The van der Waals surface area contributed by atoms with E-state index in [1.165, 1.54) is 19.3 Å². The Hall–Kier alpha value is -2.64. The van der Waals surface area contributed by atoms with E-state index in [0.29, 0.717) is 30.2 Å². The summed E-state index contributed by atoms with van der Waals surface area (Å²) in [6.07, 6.45) is 7.87. The average Bonchev–Trinajstić information content (AvgIpc) is 3.37. The van der Waals surface area contributed by atoms with Crippen LogP contribution in [0.3, 0.4) is 0 Å². The smallest absolute Gasteiger partial charge is 0.315 e. The summed E-state index contributed by atoms with van der Waals surface area (Å²) in [5, 5.41) is 14.3. The van der Waals surface area contributed by atoms with E-state index in [-0.39, 0.29) is 11.9 Å². The van der Waals surface area contributed by atoms with Crippen molar-refractivity contribution in [3.8, 4) is 0 Å². The molecule has 0 unspecified atom stereocenters. The summed E-state index contributed by atoms with van der Waals surface area (Å²) in [5.74, 6) is 0.0707. The second-order valence-corrected chi connectivity index (χ2v) is 7.75. The maximum absolute atomic E-state index is 12.7. The van der Waals surface area contributed by atoms with E-state index in [1.807, 2.05) is 23.1 Å². The number of hydrogen-bond acceptors (Lipinski definition) is 4. The monoisotopic (exact) mass is 384 g/mol. The lowest BCUT2D eigenvalue weighted by Crippen LogP contribution is -2.42. The summed E-state index contributed by atoms with van der Waals surface area (Å²) in [6.45, 7) is 2.68. The molecule has 1 aromatic heterocycles. The van der Waals surface area contributed by atoms with Gasteiger partial charge in [-0.05, 0) is 50.3 Å². The van der Waals surface area contributed by atoms with Crippen LogP contribution in [0.25, 0.3) is 11.0 Å². The Kier molecular flexibility index (Phi) is 5.73. The standard InChI is InChI=1S/C20H28N6O2/c27-19(25-11-4-1-5-12-25)15-8-9-18-17(14-15)23-24-26(18)13-10-21-20(28)22-16-6-2-3-7-16/h8-9,14,16H,1-7,10-13H2,(H2,21,22,28). The SMILES string of the molecule is O=C(NCCn1nnc2cc(C(=O)N3CCCCC3)ccc21)NC1CCCC1. The average molecular weight is 384 g/mol. The molecule has 1 aromatic carbocycles. The molecule has 4 rings (SSSR count). The van der Waals surface area contributed by atoms with Gasteiger partial charge in [-0.3, -0.25) is 4.79 Å². The van der Waals surface area contributed by atoms with Crippen molar-refractivity contribution in [2.45, 2.75) is 57.5 Å². The Morgan fingerprint density at radius 3 is 2.64 bits per heavy atom. The van der Waals surface area contributed by atoms with Crippen LogP contribution in [0.2, 0.25) is 0 Å². The molecule has 8 heteroatoms. The van der Waals surface area contributed by atoms with Crippen LogP contribution < -0.4 is 10.6 Å². The normalized spacial score (nSPS) is 17.8. The molecular formula is C20H28N6O2. The molecular weight excluding hydrogens is 356 g/mol. The predicted molar refractivity (Wildman–Crippen MR) is 106 cm³/mol. The topological polar surface area (TPSA) is 92.1 Å². The highest BCUT2D eigenvalue weighted by atomic mass is 16.2. The molecule has 0 spiro atoms. The number of carbonyl (C=O) groups excluding carboxylic acids is 2. The Labute approximate surface area is 164 Å². The largest absolute Gasteiger partial charge is 0.339 e. The van der Waals surface area contributed by atoms with Gasteiger partial charge in [0.2, 0.25) is 0 Å². The Morgan fingerprint density at radius 2 is 1.86 bits per heavy atom. The van der Waals surface area contributed by atoms with Crippen molar-refractivity contribution in [3.63, 3.8) is 0 Å². The van der Waals surface area contributed by atoms with Crippen molar-refractivity contribution in [1.82, 2.24) is 30.5 Å². The predicted octanol–water partition coefficient (Wildman–Crippen LogP) is 2.30. The highest BCUT2D eigenvalue weighted by Gasteiger charge is 2.19. The molecule has 8 nitrogen and oxygen atoms in total. The maximum atomic E-state index is 12.7. The van der Waals surface area contributed by atoms with Crippen LogP contribution >= 0.6 is 0 Å². The second-order valence-electron chi connectivity index (χ2n) is 7.75. The molecule has 0 radical (unpaired) electrons. The zero-order valence-corrected chi connectivity index (χ0v) is 16.2. The molecule has 2 aliphatic rings. The lowest BCUT2D eigenvalue weighted by atomic mass is 10.1. The number of likely N-dealkylation sites (tertiary alicyclic amines) is 1. The van der Waals surface area contributed by atoms with Gasteiger partial charge in [-0.25, -0.2) is 9.48 Å². The number of benzene rings is 1. The van der Waals surface area contributed by atoms with Gasteiger partial charge in [0.05, 0.1) is 12.1 Å². The molecule has 2 N–H and O–H groups in total. The number of nitrogens with zero attached hydrogens (tertiary/aromatic N) is 4. The summed E-state index contributed by atoms with van der Waals surface area (Å²) < 4.78 is 1.76. The van der Waals surface area contributed by atoms with Crippen LogP contribution in [-0.4, -0.2) is 57.5 Å². The number of aromatic nitrogens is 3. The van der Waals surface area contributed by atoms with Crippen molar-refractivity contribution < 1.29 is 9.59 Å². The Morgan fingerprint density at radius 1 is 1.07 bits per heavy atom. The molecule has 150 valence electrons. The zero-order valence-electron chi connectivity index (χ0n) is 16.2. The molecule has 1 aliphatic carbocycles. The third-order valence-electron chi connectivity index (χ3n) is 5.70. The highest BCUT2D eigenvalue weighted by molar-refractivity contribution is 5.97. The molecule has 3 amide bonds. The molecule has 1 saturated carbocycles. The van der Waals surface area contributed by atoms with Gasteiger partial charge in [-0.15, -0.1) is 5.10 Å². The third kappa shape index (κ3) is 4.26. The molecule has 28 heavy (non-hydrogen) atoms. The first-order valence-corrected chi connectivity index (χ1v) is 10.4. The first kappa shape index (κ1) is 18.7. The van der Waals surface area contributed by atoms with E-state index in [4.69, 9.17) is 0 Å². The van der Waals surface area contributed by atoms with Crippen molar-refractivity contribution >= 4 is 23.0 Å². The van der Waals surface area contributed by atoms with Crippen molar-refractivity contribution in [2.75, 3.05) is 19.6 Å². The van der Waals surface area contributed by atoms with E-state index in [2.05, 4.69) is 20.9 Å². The third-order valence-corrected chi connectivity index (χ3v) is 5.70. The minimum atomic E-state index is -0.120. The van der Waals surface area contributed by atoms with Crippen molar-refractivity contribution in [1.29, 1.82) is 0 Å². The van der Waals surface area contributed by atoms with Gasteiger partial charge in [-0.1, -0.05) is 18.1 Å². The summed E-state index contributed by atoms with van der Waals surface area (Å²) in [6, 6.07) is 5.74. The lowest BCUT2D eigenvalue weighted by Gasteiger charge is -2.26. The molecule has 2 heterocycles. The van der Waals surface area contributed by atoms with Crippen LogP contribution in [0.1, 0.15) is 55.3 Å². The number of carbonyl (C=O) groups is 2. The molecule has 1 aliphatic heterocycles. The Balaban J connectivity index is 1.33. The van der Waals surface area contributed by atoms with Crippen LogP contribution in [0, 0.1) is 0 Å². The fraction of sp³-hybridized carbons (Fsp3) is 0.600. The summed E-state index contributed by atoms with van der Waals surface area (Å²) in [5.41, 5.74) is 2.24. The number of nitrogens with one attached hydrogen (secondary N) is 2. The number of amides is 3. The first-order valence-electron chi connectivity index (χ1n) is 10.4. The van der Waals surface area contributed by atoms with Gasteiger partial charge >= 0.3 is 6.03 Å². The second kappa shape index (κ2) is 8.58. The van der Waals surface area contributed by atoms with Crippen LogP contribution in [-0.2, 0) is 6.54 Å². The fourth-order valence-corrected chi connectivity index (χ4v) is 4.13.